The Balaban J connectivity index is 1.50. The van der Waals surface area contributed by atoms with Crippen LogP contribution in [-0.4, -0.2) is 36.4 Å². The topological polar surface area (TPSA) is 87.5 Å². The Kier molecular flexibility index (Phi) is 8.27. The van der Waals surface area contributed by atoms with Gasteiger partial charge in [0.05, 0.1) is 0 Å². The molecule has 0 saturated heterocycles. The first kappa shape index (κ1) is 25.2. The lowest BCUT2D eigenvalue weighted by Crippen LogP contribution is -2.17. The number of nitrogens with zero attached hydrogens (tertiary/aromatic N) is 3. The number of ether oxygens (including phenoxy) is 2. The van der Waals surface area contributed by atoms with Crippen molar-refractivity contribution in [2.45, 2.75) is 0 Å². The summed E-state index contributed by atoms with van der Waals surface area (Å²) in [6, 6.07) is 28.0. The van der Waals surface area contributed by atoms with Crippen molar-refractivity contribution in [2.75, 3.05) is 26.0 Å². The van der Waals surface area contributed by atoms with Crippen molar-refractivity contribution in [1.82, 2.24) is 9.88 Å². The number of pyridine rings is 1. The standard InChI is InChI=1S/C30H26N4O3/c1-34(2)18-16-23(20-31)30(35)33-24-8-6-7-22(19-24)28-21-32-17-15-29(28)37-27-13-11-26(12-14-27)36-25-9-4-3-5-10-25/h3-17,19,21H,18H2,1-2H3,(H,33,35)/b23-16+. The summed E-state index contributed by atoms with van der Waals surface area (Å²) in [4.78, 5) is 18.7. The summed E-state index contributed by atoms with van der Waals surface area (Å²) in [5, 5.41) is 12.2. The smallest absolute Gasteiger partial charge is 0.266 e. The van der Waals surface area contributed by atoms with E-state index in [2.05, 4.69) is 10.3 Å². The zero-order chi connectivity index (χ0) is 26.0. The quantitative estimate of drug-likeness (QED) is 0.219. The normalized spacial score (nSPS) is 11.0. The van der Waals surface area contributed by atoms with Gasteiger partial charge in [-0.2, -0.15) is 5.26 Å². The zero-order valence-corrected chi connectivity index (χ0v) is 20.6. The summed E-state index contributed by atoms with van der Waals surface area (Å²) in [7, 11) is 3.74. The minimum atomic E-state index is -0.457. The minimum absolute atomic E-state index is 0.0594. The van der Waals surface area contributed by atoms with Crippen molar-refractivity contribution in [3.8, 4) is 40.2 Å². The molecule has 0 atom stereocenters. The molecule has 0 saturated carbocycles. The highest BCUT2D eigenvalue weighted by Crippen LogP contribution is 2.34. The number of hydrogen-bond donors (Lipinski definition) is 1. The summed E-state index contributed by atoms with van der Waals surface area (Å²) in [6.07, 6.45) is 4.97. The Hall–Kier alpha value is -4.93. The number of carbonyl (C=O) groups is 1. The fraction of sp³-hybridized carbons (Fsp3) is 0.100. The van der Waals surface area contributed by atoms with Crippen LogP contribution in [0.1, 0.15) is 0 Å². The van der Waals surface area contributed by atoms with E-state index in [4.69, 9.17) is 9.47 Å². The molecule has 4 rings (SSSR count). The van der Waals surface area contributed by atoms with Gasteiger partial charge in [-0.25, -0.2) is 0 Å². The molecule has 3 aromatic carbocycles. The second kappa shape index (κ2) is 12.2. The van der Waals surface area contributed by atoms with Crippen molar-refractivity contribution in [1.29, 1.82) is 5.26 Å². The maximum absolute atomic E-state index is 12.6. The van der Waals surface area contributed by atoms with E-state index in [0.29, 0.717) is 29.5 Å². The SMILES string of the molecule is CN(C)C/C=C(\C#N)C(=O)Nc1cccc(-c2cnccc2Oc2ccc(Oc3ccccc3)cc2)c1. The van der Waals surface area contributed by atoms with E-state index in [9.17, 15) is 10.1 Å². The summed E-state index contributed by atoms with van der Waals surface area (Å²) >= 11 is 0. The largest absolute Gasteiger partial charge is 0.457 e. The third-order valence-electron chi connectivity index (χ3n) is 5.27. The van der Waals surface area contributed by atoms with Gasteiger partial charge >= 0.3 is 0 Å². The van der Waals surface area contributed by atoms with E-state index in [1.165, 1.54) is 0 Å². The molecule has 0 aliphatic heterocycles. The number of nitriles is 1. The van der Waals surface area contributed by atoms with Gasteiger partial charge < -0.3 is 19.7 Å². The van der Waals surface area contributed by atoms with E-state index in [-0.39, 0.29) is 5.57 Å². The first-order chi connectivity index (χ1) is 18.0. The van der Waals surface area contributed by atoms with Gasteiger partial charge in [0.1, 0.15) is 34.6 Å². The number of likely N-dealkylation sites (N-methyl/N-ethyl adjacent to an activating group) is 1. The van der Waals surface area contributed by atoms with Crippen molar-refractivity contribution < 1.29 is 14.3 Å². The first-order valence-corrected chi connectivity index (χ1v) is 11.6. The molecule has 7 nitrogen and oxygen atoms in total. The average molecular weight is 491 g/mol. The van der Waals surface area contributed by atoms with Crippen LogP contribution < -0.4 is 14.8 Å². The summed E-state index contributed by atoms with van der Waals surface area (Å²) in [5.41, 5.74) is 2.18. The van der Waals surface area contributed by atoms with Gasteiger partial charge in [0, 0.05) is 30.2 Å². The number of rotatable bonds is 9. The van der Waals surface area contributed by atoms with Gasteiger partial charge in [0.25, 0.3) is 5.91 Å². The Labute approximate surface area is 216 Å². The molecule has 4 aromatic rings. The Bertz CT molecular complexity index is 1430. The van der Waals surface area contributed by atoms with Crippen LogP contribution in [0.3, 0.4) is 0 Å². The molecule has 0 fully saturated rings. The van der Waals surface area contributed by atoms with Gasteiger partial charge in [-0.3, -0.25) is 9.78 Å². The van der Waals surface area contributed by atoms with Gasteiger partial charge in [-0.15, -0.1) is 0 Å². The predicted octanol–water partition coefficient (Wildman–Crippen LogP) is 6.28. The first-order valence-electron chi connectivity index (χ1n) is 11.6. The number of hydrogen-bond acceptors (Lipinski definition) is 6. The third-order valence-corrected chi connectivity index (χ3v) is 5.27. The van der Waals surface area contributed by atoms with E-state index in [0.717, 1.165) is 16.9 Å². The second-order valence-corrected chi connectivity index (χ2v) is 8.39. The highest BCUT2D eigenvalue weighted by atomic mass is 16.5. The molecule has 0 aliphatic rings. The monoisotopic (exact) mass is 490 g/mol. The van der Waals surface area contributed by atoms with E-state index in [1.54, 1.807) is 30.6 Å². The molecule has 1 N–H and O–H groups in total. The summed E-state index contributed by atoms with van der Waals surface area (Å²) < 4.78 is 12.0. The molecule has 1 heterocycles. The molecule has 0 spiro atoms. The highest BCUT2D eigenvalue weighted by Gasteiger charge is 2.12. The second-order valence-electron chi connectivity index (χ2n) is 8.39. The molecule has 0 unspecified atom stereocenters. The van der Waals surface area contributed by atoms with Crippen LogP contribution in [0.15, 0.2) is 109 Å². The Morgan fingerprint density at radius 2 is 1.65 bits per heavy atom. The van der Waals surface area contributed by atoms with Crippen LogP contribution in [0.4, 0.5) is 5.69 Å². The minimum Gasteiger partial charge on any atom is -0.457 e. The number of benzene rings is 3. The number of para-hydroxylation sites is 1. The molecule has 1 aromatic heterocycles. The van der Waals surface area contributed by atoms with Crippen molar-refractivity contribution >= 4 is 11.6 Å². The van der Waals surface area contributed by atoms with Crippen LogP contribution in [-0.2, 0) is 4.79 Å². The van der Waals surface area contributed by atoms with Gasteiger partial charge in [-0.05, 0) is 80.3 Å². The fourth-order valence-corrected chi connectivity index (χ4v) is 3.44. The molecule has 184 valence electrons. The lowest BCUT2D eigenvalue weighted by Gasteiger charge is -2.13. The lowest BCUT2D eigenvalue weighted by molar-refractivity contribution is -0.112. The molecular formula is C30H26N4O3. The van der Waals surface area contributed by atoms with Crippen molar-refractivity contribution in [3.63, 3.8) is 0 Å². The Morgan fingerprint density at radius 3 is 2.35 bits per heavy atom. The van der Waals surface area contributed by atoms with Crippen LogP contribution in [0.25, 0.3) is 11.1 Å². The molecule has 7 heteroatoms. The highest BCUT2D eigenvalue weighted by molar-refractivity contribution is 6.06. The van der Waals surface area contributed by atoms with E-state index >= 15 is 0 Å². The maximum atomic E-state index is 12.6. The fourth-order valence-electron chi connectivity index (χ4n) is 3.44. The summed E-state index contributed by atoms with van der Waals surface area (Å²) in [6.45, 7) is 0.492. The van der Waals surface area contributed by atoms with Gasteiger partial charge in [0.2, 0.25) is 0 Å². The third kappa shape index (κ3) is 7.04. The predicted molar refractivity (Wildman–Crippen MR) is 144 cm³/mol. The number of anilines is 1. The van der Waals surface area contributed by atoms with Crippen LogP contribution in [0, 0.1) is 11.3 Å². The number of amides is 1. The Morgan fingerprint density at radius 1 is 0.946 bits per heavy atom. The van der Waals surface area contributed by atoms with E-state index < -0.39 is 5.91 Å². The van der Waals surface area contributed by atoms with Gasteiger partial charge in [-0.1, -0.05) is 30.3 Å². The van der Waals surface area contributed by atoms with Crippen LogP contribution in [0.2, 0.25) is 0 Å². The molecular weight excluding hydrogens is 464 g/mol. The molecule has 37 heavy (non-hydrogen) atoms. The molecule has 0 bridgehead atoms. The zero-order valence-electron chi connectivity index (χ0n) is 20.6. The average Bonchev–Trinajstić information content (AvgIpc) is 2.91. The number of carbonyl (C=O) groups excluding carboxylic acids is 1. The van der Waals surface area contributed by atoms with Crippen molar-refractivity contribution in [2.24, 2.45) is 0 Å². The van der Waals surface area contributed by atoms with Crippen molar-refractivity contribution in [3.05, 3.63) is 109 Å². The van der Waals surface area contributed by atoms with Crippen LogP contribution >= 0.6 is 0 Å². The number of aromatic nitrogens is 1. The van der Waals surface area contributed by atoms with Gasteiger partial charge in [0.15, 0.2) is 0 Å². The number of nitrogens with one attached hydrogen (secondary N) is 1. The summed E-state index contributed by atoms with van der Waals surface area (Å²) in [5.74, 6) is 2.26. The van der Waals surface area contributed by atoms with Crippen LogP contribution in [0.5, 0.6) is 23.0 Å². The maximum Gasteiger partial charge on any atom is 0.266 e. The van der Waals surface area contributed by atoms with E-state index in [1.807, 2.05) is 97.9 Å². The lowest BCUT2D eigenvalue weighted by atomic mass is 10.1. The molecule has 0 radical (unpaired) electrons. The molecule has 0 aliphatic carbocycles. The molecule has 1 amide bonds.